The van der Waals surface area contributed by atoms with E-state index in [9.17, 15) is 13.2 Å². The van der Waals surface area contributed by atoms with Gasteiger partial charge in [-0.1, -0.05) is 17.7 Å². The number of benzene rings is 2. The van der Waals surface area contributed by atoms with Crippen molar-refractivity contribution in [2.75, 3.05) is 4.72 Å². The first kappa shape index (κ1) is 17.5. The van der Waals surface area contributed by atoms with Gasteiger partial charge in [0.2, 0.25) is 0 Å². The van der Waals surface area contributed by atoms with Crippen LogP contribution in [-0.4, -0.2) is 20.5 Å². The lowest BCUT2D eigenvalue weighted by atomic mass is 10.2. The van der Waals surface area contributed by atoms with Crippen molar-refractivity contribution in [1.82, 2.24) is 0 Å². The molecule has 0 saturated carbocycles. The fourth-order valence-corrected chi connectivity index (χ4v) is 2.92. The van der Waals surface area contributed by atoms with Crippen LogP contribution in [0.2, 0.25) is 0 Å². The van der Waals surface area contributed by atoms with E-state index in [1.54, 1.807) is 30.3 Å². The Morgan fingerprint density at radius 2 is 1.71 bits per heavy atom. The van der Waals surface area contributed by atoms with E-state index in [1.807, 2.05) is 6.92 Å². The molecular weight excluding hydrogens is 328 g/mol. The van der Waals surface area contributed by atoms with E-state index in [0.29, 0.717) is 5.69 Å². The second-order valence-electron chi connectivity index (χ2n) is 5.17. The molecule has 0 spiro atoms. The molecule has 0 radical (unpaired) electrons. The first-order valence-corrected chi connectivity index (χ1v) is 8.60. The molecule has 0 heterocycles. The zero-order valence-corrected chi connectivity index (χ0v) is 14.0. The van der Waals surface area contributed by atoms with Gasteiger partial charge in [0, 0.05) is 5.69 Å². The number of carbonyl (C=O) groups is 1. The van der Waals surface area contributed by atoms with Crippen LogP contribution in [-0.2, 0) is 14.8 Å². The quantitative estimate of drug-likeness (QED) is 0.841. The van der Waals surface area contributed by atoms with Crippen LogP contribution in [0.1, 0.15) is 22.8 Å². The van der Waals surface area contributed by atoms with Gasteiger partial charge in [-0.05, 0) is 50.2 Å². The Morgan fingerprint density at radius 1 is 1.12 bits per heavy atom. The number of nitrogens with zero attached hydrogens (tertiary/aromatic N) is 1. The van der Waals surface area contributed by atoms with Gasteiger partial charge in [-0.25, -0.2) is 13.2 Å². The highest BCUT2D eigenvalue weighted by molar-refractivity contribution is 7.92. The van der Waals surface area contributed by atoms with Crippen molar-refractivity contribution in [3.05, 3.63) is 59.7 Å². The highest BCUT2D eigenvalue weighted by Gasteiger charge is 2.16. The minimum Gasteiger partial charge on any atom is -0.444 e. The van der Waals surface area contributed by atoms with Crippen molar-refractivity contribution in [2.24, 2.45) is 0 Å². The summed E-state index contributed by atoms with van der Waals surface area (Å²) in [6.45, 7) is 3.35. The molecule has 0 aliphatic carbocycles. The molecule has 0 saturated heterocycles. The normalized spacial score (nSPS) is 12.0. The lowest BCUT2D eigenvalue weighted by Crippen LogP contribution is -2.15. The average molecular weight is 344 g/mol. The van der Waals surface area contributed by atoms with E-state index in [1.165, 1.54) is 31.2 Å². The van der Waals surface area contributed by atoms with E-state index in [4.69, 9.17) is 10.00 Å². The SMILES string of the molecule is Cc1ccc(NS(=O)(=O)c2ccc(C(=O)OC(C)C#N)cc2)cc1. The minimum atomic E-state index is -3.75. The lowest BCUT2D eigenvalue weighted by Gasteiger charge is -2.09. The highest BCUT2D eigenvalue weighted by Crippen LogP contribution is 2.17. The van der Waals surface area contributed by atoms with Crippen LogP contribution >= 0.6 is 0 Å². The monoisotopic (exact) mass is 344 g/mol. The number of nitrogens with one attached hydrogen (secondary N) is 1. The zero-order chi connectivity index (χ0) is 17.7. The zero-order valence-electron chi connectivity index (χ0n) is 13.2. The van der Waals surface area contributed by atoms with Crippen molar-refractivity contribution in [3.8, 4) is 6.07 Å². The van der Waals surface area contributed by atoms with Gasteiger partial charge in [-0.2, -0.15) is 5.26 Å². The molecule has 124 valence electrons. The number of carbonyl (C=O) groups excluding carboxylic acids is 1. The van der Waals surface area contributed by atoms with Crippen molar-refractivity contribution >= 4 is 21.7 Å². The van der Waals surface area contributed by atoms with Gasteiger partial charge in [-0.15, -0.1) is 0 Å². The summed E-state index contributed by atoms with van der Waals surface area (Å²) in [7, 11) is -3.75. The Balaban J connectivity index is 2.15. The number of aryl methyl sites for hydroxylation is 1. The summed E-state index contributed by atoms with van der Waals surface area (Å²) < 4.78 is 32.0. The van der Waals surface area contributed by atoms with Crippen LogP contribution in [0.15, 0.2) is 53.4 Å². The second-order valence-corrected chi connectivity index (χ2v) is 6.85. The fourth-order valence-electron chi connectivity index (χ4n) is 1.86. The van der Waals surface area contributed by atoms with Crippen LogP contribution in [0, 0.1) is 18.3 Å². The van der Waals surface area contributed by atoms with Gasteiger partial charge in [-0.3, -0.25) is 4.72 Å². The fraction of sp³-hybridized carbons (Fsp3) is 0.176. The van der Waals surface area contributed by atoms with Crippen LogP contribution in [0.4, 0.5) is 5.69 Å². The summed E-state index contributed by atoms with van der Waals surface area (Å²) >= 11 is 0. The molecule has 1 unspecified atom stereocenters. The number of anilines is 1. The summed E-state index contributed by atoms with van der Waals surface area (Å²) in [6, 6.07) is 14.0. The number of nitriles is 1. The third kappa shape index (κ3) is 4.33. The number of ether oxygens (including phenoxy) is 1. The standard InChI is InChI=1S/C17H16N2O4S/c1-12-3-7-15(8-4-12)19-24(21,22)16-9-5-14(6-10-16)17(20)23-13(2)11-18/h3-10,13,19H,1-2H3. The van der Waals surface area contributed by atoms with Gasteiger partial charge >= 0.3 is 5.97 Å². The third-order valence-electron chi connectivity index (χ3n) is 3.17. The van der Waals surface area contributed by atoms with E-state index in [0.717, 1.165) is 5.56 Å². The van der Waals surface area contributed by atoms with Crippen LogP contribution in [0.3, 0.4) is 0 Å². The minimum absolute atomic E-state index is 0.0213. The number of hydrogen-bond donors (Lipinski definition) is 1. The van der Waals surface area contributed by atoms with Crippen molar-refractivity contribution in [1.29, 1.82) is 5.26 Å². The topological polar surface area (TPSA) is 96.3 Å². The van der Waals surface area contributed by atoms with E-state index >= 15 is 0 Å². The van der Waals surface area contributed by atoms with Crippen LogP contribution < -0.4 is 4.72 Å². The van der Waals surface area contributed by atoms with Crippen molar-refractivity contribution in [3.63, 3.8) is 0 Å². The van der Waals surface area contributed by atoms with Crippen LogP contribution in [0.25, 0.3) is 0 Å². The maximum absolute atomic E-state index is 12.3. The van der Waals surface area contributed by atoms with E-state index < -0.39 is 22.1 Å². The molecule has 6 nitrogen and oxygen atoms in total. The summed E-state index contributed by atoms with van der Waals surface area (Å²) in [4.78, 5) is 11.8. The summed E-state index contributed by atoms with van der Waals surface area (Å²) in [5.41, 5.74) is 1.64. The molecule has 0 bridgehead atoms. The summed E-state index contributed by atoms with van der Waals surface area (Å²) in [5, 5.41) is 8.62. The molecule has 0 aromatic heterocycles. The Hall–Kier alpha value is -2.85. The van der Waals surface area contributed by atoms with Gasteiger partial charge < -0.3 is 4.74 Å². The van der Waals surface area contributed by atoms with E-state index in [-0.39, 0.29) is 10.5 Å². The molecule has 0 aliphatic rings. The number of rotatable bonds is 5. The summed E-state index contributed by atoms with van der Waals surface area (Å²) in [6.07, 6.45) is -0.871. The van der Waals surface area contributed by atoms with Crippen molar-refractivity contribution < 1.29 is 17.9 Å². The Bertz CT molecular complexity index is 866. The molecule has 0 aliphatic heterocycles. The molecule has 0 amide bonds. The van der Waals surface area contributed by atoms with Crippen LogP contribution in [0.5, 0.6) is 0 Å². The highest BCUT2D eigenvalue weighted by atomic mass is 32.2. The van der Waals surface area contributed by atoms with Gasteiger partial charge in [0.25, 0.3) is 10.0 Å². The Kier molecular flexibility index (Phi) is 5.21. The first-order valence-electron chi connectivity index (χ1n) is 7.12. The molecule has 24 heavy (non-hydrogen) atoms. The predicted molar refractivity (Wildman–Crippen MR) is 88.9 cm³/mol. The lowest BCUT2D eigenvalue weighted by molar-refractivity contribution is 0.0435. The molecule has 2 aromatic carbocycles. The largest absolute Gasteiger partial charge is 0.444 e. The van der Waals surface area contributed by atoms with Gasteiger partial charge in [0.1, 0.15) is 6.07 Å². The smallest absolute Gasteiger partial charge is 0.339 e. The molecule has 0 fully saturated rings. The summed E-state index contributed by atoms with van der Waals surface area (Å²) in [5.74, 6) is -0.681. The Labute approximate surface area is 140 Å². The molecule has 2 aromatic rings. The van der Waals surface area contributed by atoms with Gasteiger partial charge in [0.15, 0.2) is 6.10 Å². The second kappa shape index (κ2) is 7.15. The molecular formula is C17H16N2O4S. The number of sulfonamides is 1. The molecule has 2 rings (SSSR count). The third-order valence-corrected chi connectivity index (χ3v) is 4.57. The maximum atomic E-state index is 12.3. The van der Waals surface area contributed by atoms with E-state index in [2.05, 4.69) is 4.72 Å². The van der Waals surface area contributed by atoms with Gasteiger partial charge in [0.05, 0.1) is 10.5 Å². The maximum Gasteiger partial charge on any atom is 0.339 e. The average Bonchev–Trinajstić information content (AvgIpc) is 2.56. The van der Waals surface area contributed by atoms with Crippen molar-refractivity contribution in [2.45, 2.75) is 24.8 Å². The number of esters is 1. The molecule has 7 heteroatoms. The molecule has 1 atom stereocenters. The number of hydrogen-bond acceptors (Lipinski definition) is 5. The first-order chi connectivity index (χ1) is 11.3. The predicted octanol–water partition coefficient (Wildman–Crippen LogP) is 2.86. The molecule has 1 N–H and O–H groups in total. The Morgan fingerprint density at radius 3 is 2.25 bits per heavy atom.